The topological polar surface area (TPSA) is 82.0 Å². The highest BCUT2D eigenvalue weighted by atomic mass is 32.2. The average Bonchev–Trinajstić information content (AvgIpc) is 2.83. The Labute approximate surface area is 205 Å². The Bertz CT molecular complexity index is 1290. The Morgan fingerprint density at radius 1 is 1.17 bits per heavy atom. The van der Waals surface area contributed by atoms with Crippen molar-refractivity contribution >= 4 is 29.1 Å². The number of ketones is 1. The van der Waals surface area contributed by atoms with Gasteiger partial charge in [-0.25, -0.2) is 0 Å². The summed E-state index contributed by atoms with van der Waals surface area (Å²) < 4.78 is 41.6. The number of rotatable bonds is 5. The number of hydrogen-bond acceptors (Lipinski definition) is 5. The van der Waals surface area contributed by atoms with Crippen molar-refractivity contribution in [1.82, 2.24) is 5.32 Å². The third kappa shape index (κ3) is 5.13. The van der Waals surface area contributed by atoms with Crippen LogP contribution in [0.4, 0.5) is 18.9 Å². The number of para-hydroxylation sites is 1. The molecule has 0 radical (unpaired) electrons. The molecule has 2 aromatic rings. The van der Waals surface area contributed by atoms with Crippen molar-refractivity contribution in [3.8, 4) is 6.07 Å². The van der Waals surface area contributed by atoms with Gasteiger partial charge < -0.3 is 10.6 Å². The van der Waals surface area contributed by atoms with Gasteiger partial charge in [-0.05, 0) is 43.0 Å². The number of nitrogens with one attached hydrogen (secondary N) is 2. The summed E-state index contributed by atoms with van der Waals surface area (Å²) in [5.41, 5.74) is 1.25. The summed E-state index contributed by atoms with van der Waals surface area (Å²) in [6, 6.07) is 14.3. The highest BCUT2D eigenvalue weighted by Gasteiger charge is 2.42. The molecular formula is C26H22F3N3O2S. The molecule has 4 rings (SSSR count). The molecule has 1 aliphatic carbocycles. The average molecular weight is 498 g/mol. The Kier molecular flexibility index (Phi) is 7.03. The van der Waals surface area contributed by atoms with E-state index in [1.54, 1.807) is 12.1 Å². The first kappa shape index (κ1) is 24.6. The number of benzene rings is 2. The van der Waals surface area contributed by atoms with E-state index in [4.69, 9.17) is 0 Å². The molecule has 1 aliphatic heterocycles. The monoisotopic (exact) mass is 497 g/mol. The van der Waals surface area contributed by atoms with E-state index in [0.29, 0.717) is 29.3 Å². The van der Waals surface area contributed by atoms with Crippen LogP contribution in [0.1, 0.15) is 41.9 Å². The number of aryl methyl sites for hydroxylation is 1. The third-order valence-corrected chi connectivity index (χ3v) is 7.02. The zero-order chi connectivity index (χ0) is 25.2. The van der Waals surface area contributed by atoms with Crippen LogP contribution in [0.2, 0.25) is 0 Å². The van der Waals surface area contributed by atoms with Gasteiger partial charge in [-0.2, -0.15) is 18.4 Å². The van der Waals surface area contributed by atoms with Gasteiger partial charge in [0.05, 0.1) is 33.9 Å². The largest absolute Gasteiger partial charge is 0.416 e. The SMILES string of the molecule is Cc1ccccc1NC(=O)CSC1=C(C#N)[C@H](c2ccccc2C(F)(F)F)C2=C(CCCC2=O)N1. The Balaban J connectivity index is 1.70. The lowest BCUT2D eigenvalue weighted by atomic mass is 9.75. The number of nitrogens with zero attached hydrogens (tertiary/aromatic N) is 1. The number of nitriles is 1. The second kappa shape index (κ2) is 10.0. The van der Waals surface area contributed by atoms with Crippen LogP contribution in [0.3, 0.4) is 0 Å². The normalized spacial score (nSPS) is 18.0. The molecule has 1 atom stereocenters. The predicted octanol–water partition coefficient (Wildman–Crippen LogP) is 5.81. The molecule has 1 heterocycles. The zero-order valence-corrected chi connectivity index (χ0v) is 19.6. The summed E-state index contributed by atoms with van der Waals surface area (Å²) in [6.07, 6.45) is -3.40. The third-order valence-electron chi connectivity index (χ3n) is 6.01. The fraction of sp³-hybridized carbons (Fsp3) is 0.269. The highest BCUT2D eigenvalue weighted by Crippen LogP contribution is 2.47. The second-order valence-corrected chi connectivity index (χ2v) is 9.30. The molecule has 2 aromatic carbocycles. The molecular weight excluding hydrogens is 475 g/mol. The van der Waals surface area contributed by atoms with E-state index < -0.39 is 17.7 Å². The summed E-state index contributed by atoms with van der Waals surface area (Å²) in [7, 11) is 0. The van der Waals surface area contributed by atoms with Crippen LogP contribution in [0.15, 0.2) is 70.4 Å². The molecule has 1 amide bonds. The lowest BCUT2D eigenvalue weighted by Gasteiger charge is -2.34. The smallest absolute Gasteiger partial charge is 0.352 e. The first-order valence-corrected chi connectivity index (χ1v) is 12.0. The number of anilines is 1. The number of alkyl halides is 3. The van der Waals surface area contributed by atoms with Crippen LogP contribution >= 0.6 is 11.8 Å². The maximum absolute atomic E-state index is 13.9. The minimum Gasteiger partial charge on any atom is -0.352 e. The zero-order valence-electron chi connectivity index (χ0n) is 18.8. The Morgan fingerprint density at radius 2 is 1.89 bits per heavy atom. The van der Waals surface area contributed by atoms with Gasteiger partial charge in [0.25, 0.3) is 0 Å². The van der Waals surface area contributed by atoms with Crippen molar-refractivity contribution in [3.05, 3.63) is 87.1 Å². The van der Waals surface area contributed by atoms with Crippen molar-refractivity contribution in [1.29, 1.82) is 5.26 Å². The van der Waals surface area contributed by atoms with Crippen molar-refractivity contribution < 1.29 is 22.8 Å². The number of allylic oxidation sites excluding steroid dienone is 3. The van der Waals surface area contributed by atoms with Gasteiger partial charge in [0, 0.05) is 23.4 Å². The quantitative estimate of drug-likeness (QED) is 0.545. The van der Waals surface area contributed by atoms with Crippen LogP contribution in [-0.4, -0.2) is 17.4 Å². The first-order valence-electron chi connectivity index (χ1n) is 11.0. The standard InChI is InChI=1S/C26H22F3N3O2S/c1-15-7-2-5-10-19(15)31-22(34)14-35-25-17(13-30)23(24-20(32-25)11-6-12-21(24)33)16-8-3-4-9-18(16)26(27,28)29/h2-5,7-10,23,32H,6,11-12,14H2,1H3,(H,31,34)/t23-/m0/s1. The van der Waals surface area contributed by atoms with E-state index in [1.807, 2.05) is 25.1 Å². The number of Topliss-reactive ketones (excluding diaryl/α,β-unsaturated/α-hetero) is 1. The lowest BCUT2D eigenvalue weighted by Crippen LogP contribution is -2.32. The first-order chi connectivity index (χ1) is 16.7. The lowest BCUT2D eigenvalue weighted by molar-refractivity contribution is -0.138. The van der Waals surface area contributed by atoms with Crippen molar-refractivity contribution in [2.75, 3.05) is 11.1 Å². The predicted molar refractivity (Wildman–Crippen MR) is 128 cm³/mol. The van der Waals surface area contributed by atoms with Crippen LogP contribution in [0.25, 0.3) is 0 Å². The minimum absolute atomic E-state index is 0.00407. The van der Waals surface area contributed by atoms with E-state index in [9.17, 15) is 28.0 Å². The fourth-order valence-corrected chi connectivity index (χ4v) is 5.25. The van der Waals surface area contributed by atoms with Gasteiger partial charge in [0.1, 0.15) is 0 Å². The fourth-order valence-electron chi connectivity index (χ4n) is 4.39. The molecule has 0 fully saturated rings. The highest BCUT2D eigenvalue weighted by molar-refractivity contribution is 8.03. The summed E-state index contributed by atoms with van der Waals surface area (Å²) in [5, 5.41) is 16.2. The number of hydrogen-bond donors (Lipinski definition) is 2. The number of thioether (sulfide) groups is 1. The van der Waals surface area contributed by atoms with Crippen LogP contribution in [0.5, 0.6) is 0 Å². The summed E-state index contributed by atoms with van der Waals surface area (Å²) in [4.78, 5) is 25.5. The maximum Gasteiger partial charge on any atom is 0.416 e. The number of carbonyl (C=O) groups excluding carboxylic acids is 2. The molecule has 0 bridgehead atoms. The van der Waals surface area contributed by atoms with Gasteiger partial charge in [-0.1, -0.05) is 48.2 Å². The summed E-state index contributed by atoms with van der Waals surface area (Å²) in [6.45, 7) is 1.86. The molecule has 0 aromatic heterocycles. The van der Waals surface area contributed by atoms with Gasteiger partial charge in [0.2, 0.25) is 5.91 Å². The minimum atomic E-state index is -4.65. The molecule has 0 saturated heterocycles. The summed E-state index contributed by atoms with van der Waals surface area (Å²) in [5.74, 6) is -1.80. The molecule has 2 N–H and O–H groups in total. The van der Waals surface area contributed by atoms with Gasteiger partial charge in [-0.15, -0.1) is 0 Å². The van der Waals surface area contributed by atoms with Crippen molar-refractivity contribution in [3.63, 3.8) is 0 Å². The van der Waals surface area contributed by atoms with Crippen LogP contribution in [-0.2, 0) is 15.8 Å². The van der Waals surface area contributed by atoms with E-state index in [1.165, 1.54) is 18.2 Å². The van der Waals surface area contributed by atoms with E-state index in [-0.39, 0.29) is 40.6 Å². The number of amides is 1. The van der Waals surface area contributed by atoms with Crippen LogP contribution in [0, 0.1) is 18.3 Å². The van der Waals surface area contributed by atoms with Gasteiger partial charge >= 0.3 is 6.18 Å². The molecule has 0 unspecified atom stereocenters. The molecule has 2 aliphatic rings. The number of halogens is 3. The number of dihydropyridines is 1. The van der Waals surface area contributed by atoms with Gasteiger partial charge in [-0.3, -0.25) is 9.59 Å². The molecule has 35 heavy (non-hydrogen) atoms. The molecule has 0 saturated carbocycles. The maximum atomic E-state index is 13.9. The van der Waals surface area contributed by atoms with Crippen molar-refractivity contribution in [2.45, 2.75) is 38.3 Å². The Morgan fingerprint density at radius 3 is 2.60 bits per heavy atom. The molecule has 180 valence electrons. The molecule has 5 nitrogen and oxygen atoms in total. The van der Waals surface area contributed by atoms with E-state index in [2.05, 4.69) is 10.6 Å². The molecule has 9 heteroatoms. The molecule has 0 spiro atoms. The van der Waals surface area contributed by atoms with Crippen molar-refractivity contribution in [2.24, 2.45) is 0 Å². The second-order valence-electron chi connectivity index (χ2n) is 8.32. The van der Waals surface area contributed by atoms with Crippen LogP contribution < -0.4 is 10.6 Å². The van der Waals surface area contributed by atoms with E-state index >= 15 is 0 Å². The van der Waals surface area contributed by atoms with E-state index in [0.717, 1.165) is 23.4 Å². The number of carbonyl (C=O) groups is 2. The Hall–Kier alpha value is -3.51. The summed E-state index contributed by atoms with van der Waals surface area (Å²) >= 11 is 1.04. The van der Waals surface area contributed by atoms with Gasteiger partial charge in [0.15, 0.2) is 5.78 Å².